The van der Waals surface area contributed by atoms with Gasteiger partial charge in [-0.2, -0.15) is 0 Å². The Bertz CT molecular complexity index is 1050. The zero-order valence-electron chi connectivity index (χ0n) is 16.3. The average Bonchev–Trinajstić information content (AvgIpc) is 2.98. The average molecular weight is 469 g/mol. The summed E-state index contributed by atoms with van der Waals surface area (Å²) in [5.74, 6) is -0.342. The Morgan fingerprint density at radius 3 is 2.47 bits per heavy atom. The van der Waals surface area contributed by atoms with E-state index in [1.807, 2.05) is 18.2 Å². The van der Waals surface area contributed by atoms with Gasteiger partial charge in [0.05, 0.1) is 11.1 Å². The fourth-order valence-corrected chi connectivity index (χ4v) is 4.21. The Hall–Kier alpha value is -2.93. The van der Waals surface area contributed by atoms with Gasteiger partial charge in [0, 0.05) is 30.5 Å². The van der Waals surface area contributed by atoms with Gasteiger partial charge >= 0.3 is 0 Å². The van der Waals surface area contributed by atoms with Crippen molar-refractivity contribution in [1.29, 1.82) is 0 Å². The summed E-state index contributed by atoms with van der Waals surface area (Å²) in [7, 11) is 0. The molecule has 7 heteroatoms. The molecule has 0 spiro atoms. The van der Waals surface area contributed by atoms with E-state index in [1.165, 1.54) is 4.90 Å². The quantitative estimate of drug-likeness (QED) is 0.675. The van der Waals surface area contributed by atoms with Crippen molar-refractivity contribution in [3.05, 3.63) is 69.7 Å². The van der Waals surface area contributed by atoms with Crippen molar-refractivity contribution < 1.29 is 19.5 Å². The maximum absolute atomic E-state index is 12.6. The largest absolute Gasteiger partial charge is 0.508 e. The van der Waals surface area contributed by atoms with Gasteiger partial charge in [-0.3, -0.25) is 19.3 Å². The summed E-state index contributed by atoms with van der Waals surface area (Å²) >= 11 is 3.32. The summed E-state index contributed by atoms with van der Waals surface area (Å²) < 4.78 is 0.754. The molecule has 2 aliphatic rings. The molecule has 30 heavy (non-hydrogen) atoms. The second kappa shape index (κ2) is 8.44. The minimum atomic E-state index is -0.303. The van der Waals surface area contributed by atoms with Crippen molar-refractivity contribution >= 4 is 39.2 Å². The number of rotatable bonds is 5. The Labute approximate surface area is 182 Å². The molecule has 0 aromatic heterocycles. The third-order valence-electron chi connectivity index (χ3n) is 5.51. The van der Waals surface area contributed by atoms with Gasteiger partial charge in [-0.15, -0.1) is 0 Å². The van der Waals surface area contributed by atoms with E-state index >= 15 is 0 Å². The van der Waals surface area contributed by atoms with E-state index in [0.29, 0.717) is 37.1 Å². The zero-order chi connectivity index (χ0) is 21.3. The van der Waals surface area contributed by atoms with E-state index in [0.717, 1.165) is 22.0 Å². The van der Waals surface area contributed by atoms with Crippen LogP contribution in [-0.2, 0) is 4.79 Å². The highest BCUT2D eigenvalue weighted by Crippen LogP contribution is 2.27. The molecule has 0 atom stereocenters. The van der Waals surface area contributed by atoms with E-state index in [1.54, 1.807) is 35.2 Å². The lowest BCUT2D eigenvalue weighted by molar-refractivity contribution is -0.130. The lowest BCUT2D eigenvalue weighted by Crippen LogP contribution is -2.36. The van der Waals surface area contributed by atoms with Gasteiger partial charge in [0.15, 0.2) is 0 Å². The first-order valence-corrected chi connectivity index (χ1v) is 10.7. The van der Waals surface area contributed by atoms with Crippen LogP contribution in [0.25, 0.3) is 5.57 Å². The van der Waals surface area contributed by atoms with Gasteiger partial charge in [0.25, 0.3) is 11.8 Å². The second-order valence-electron chi connectivity index (χ2n) is 7.42. The fourth-order valence-electron chi connectivity index (χ4n) is 3.85. The maximum Gasteiger partial charge on any atom is 0.261 e. The van der Waals surface area contributed by atoms with E-state index < -0.39 is 0 Å². The van der Waals surface area contributed by atoms with E-state index in [4.69, 9.17) is 0 Å². The highest BCUT2D eigenvalue weighted by molar-refractivity contribution is 9.10. The van der Waals surface area contributed by atoms with Gasteiger partial charge in [0.2, 0.25) is 5.91 Å². The minimum absolute atomic E-state index is 0.0235. The minimum Gasteiger partial charge on any atom is -0.508 e. The molecule has 6 nitrogen and oxygen atoms in total. The highest BCUT2D eigenvalue weighted by Gasteiger charge is 2.35. The number of imide groups is 1. The summed E-state index contributed by atoms with van der Waals surface area (Å²) in [4.78, 5) is 40.5. The van der Waals surface area contributed by atoms with Crippen LogP contribution < -0.4 is 0 Å². The number of phenolic OH excluding ortho intramolecular Hbond substituents is 1. The molecule has 4 rings (SSSR count). The van der Waals surface area contributed by atoms with Crippen LogP contribution in [0.4, 0.5) is 0 Å². The van der Waals surface area contributed by atoms with Crippen LogP contribution in [-0.4, -0.2) is 52.3 Å². The number of nitrogens with zero attached hydrogens (tertiary/aromatic N) is 2. The number of amides is 3. The normalized spacial score (nSPS) is 16.0. The molecule has 2 aliphatic heterocycles. The first-order chi connectivity index (χ1) is 14.4. The standard InChI is InChI=1S/C23H21BrN2O4/c24-17-5-8-19-20(14-17)23(30)26(22(19)29)11-1-2-21(28)25-12-9-16(10-13-25)15-3-6-18(27)7-4-15/h3-9,14,27H,1-2,10-13H2. The van der Waals surface area contributed by atoms with Crippen LogP contribution in [0, 0.1) is 0 Å². The molecule has 0 bridgehead atoms. The van der Waals surface area contributed by atoms with Crippen LogP contribution in [0.1, 0.15) is 45.5 Å². The summed E-state index contributed by atoms with van der Waals surface area (Å²) in [6.45, 7) is 1.40. The van der Waals surface area contributed by atoms with Crippen LogP contribution in [0.15, 0.2) is 53.0 Å². The molecule has 3 amide bonds. The van der Waals surface area contributed by atoms with E-state index in [2.05, 4.69) is 15.9 Å². The number of halogens is 1. The van der Waals surface area contributed by atoms with Crippen molar-refractivity contribution in [3.8, 4) is 5.75 Å². The number of benzene rings is 2. The molecule has 0 fully saturated rings. The molecule has 1 N–H and O–H groups in total. The number of carbonyl (C=O) groups excluding carboxylic acids is 3. The molecular weight excluding hydrogens is 448 g/mol. The molecule has 2 aromatic carbocycles. The molecule has 0 saturated heterocycles. The number of phenols is 1. The first kappa shape index (κ1) is 20.3. The number of aromatic hydroxyl groups is 1. The first-order valence-electron chi connectivity index (χ1n) is 9.86. The van der Waals surface area contributed by atoms with Gasteiger partial charge in [-0.05, 0) is 54.3 Å². The van der Waals surface area contributed by atoms with E-state index in [-0.39, 0.29) is 30.0 Å². The highest BCUT2D eigenvalue weighted by atomic mass is 79.9. The summed E-state index contributed by atoms with van der Waals surface area (Å²) in [5.41, 5.74) is 3.04. The van der Waals surface area contributed by atoms with Crippen LogP contribution >= 0.6 is 15.9 Å². The molecule has 2 heterocycles. The lowest BCUT2D eigenvalue weighted by Gasteiger charge is -2.27. The SMILES string of the molecule is O=C(CCCN1C(=O)c2ccc(Br)cc2C1=O)N1CC=C(c2ccc(O)cc2)CC1. The van der Waals surface area contributed by atoms with Gasteiger partial charge in [0.1, 0.15) is 5.75 Å². The number of hydrogen-bond donors (Lipinski definition) is 1. The summed E-state index contributed by atoms with van der Waals surface area (Å²) in [5, 5.41) is 9.41. The number of fused-ring (bicyclic) bond motifs is 1. The molecule has 0 saturated carbocycles. The second-order valence-corrected chi connectivity index (χ2v) is 8.34. The van der Waals surface area contributed by atoms with Crippen molar-refractivity contribution in [1.82, 2.24) is 9.80 Å². The van der Waals surface area contributed by atoms with Crippen molar-refractivity contribution in [2.45, 2.75) is 19.3 Å². The van der Waals surface area contributed by atoms with Gasteiger partial charge in [-0.1, -0.05) is 34.1 Å². The van der Waals surface area contributed by atoms with Crippen molar-refractivity contribution in [2.24, 2.45) is 0 Å². The molecule has 0 unspecified atom stereocenters. The number of carbonyl (C=O) groups is 3. The van der Waals surface area contributed by atoms with Crippen LogP contribution in [0.3, 0.4) is 0 Å². The third-order valence-corrected chi connectivity index (χ3v) is 6.00. The Kier molecular flexibility index (Phi) is 5.72. The third kappa shape index (κ3) is 4.03. The topological polar surface area (TPSA) is 77.9 Å². The lowest BCUT2D eigenvalue weighted by atomic mass is 9.99. The maximum atomic E-state index is 12.6. The molecule has 0 radical (unpaired) electrons. The number of hydrogen-bond acceptors (Lipinski definition) is 4. The zero-order valence-corrected chi connectivity index (χ0v) is 17.9. The van der Waals surface area contributed by atoms with Gasteiger partial charge in [-0.25, -0.2) is 0 Å². The summed E-state index contributed by atoms with van der Waals surface area (Å²) in [6, 6.07) is 12.1. The van der Waals surface area contributed by atoms with Crippen molar-refractivity contribution in [2.75, 3.05) is 19.6 Å². The smallest absolute Gasteiger partial charge is 0.261 e. The molecular formula is C23H21BrN2O4. The van der Waals surface area contributed by atoms with Crippen molar-refractivity contribution in [3.63, 3.8) is 0 Å². The predicted molar refractivity (Wildman–Crippen MR) is 116 cm³/mol. The fraction of sp³-hybridized carbons (Fsp3) is 0.261. The predicted octanol–water partition coefficient (Wildman–Crippen LogP) is 3.85. The van der Waals surface area contributed by atoms with E-state index in [9.17, 15) is 19.5 Å². The van der Waals surface area contributed by atoms with Crippen LogP contribution in [0.5, 0.6) is 5.75 Å². The molecule has 0 aliphatic carbocycles. The van der Waals surface area contributed by atoms with Crippen LogP contribution in [0.2, 0.25) is 0 Å². The monoisotopic (exact) mass is 468 g/mol. The Morgan fingerprint density at radius 2 is 1.77 bits per heavy atom. The molecule has 2 aromatic rings. The Balaban J connectivity index is 1.29. The summed E-state index contributed by atoms with van der Waals surface area (Å²) in [6.07, 6.45) is 3.52. The molecule has 154 valence electrons. The Morgan fingerprint density at radius 1 is 1.03 bits per heavy atom. The van der Waals surface area contributed by atoms with Gasteiger partial charge < -0.3 is 10.0 Å².